The fourth-order valence-corrected chi connectivity index (χ4v) is 3.91. The minimum atomic E-state index is -0.315. The van der Waals surface area contributed by atoms with E-state index in [4.69, 9.17) is 4.42 Å². The predicted molar refractivity (Wildman–Crippen MR) is 109 cm³/mol. The van der Waals surface area contributed by atoms with Crippen molar-refractivity contribution in [3.05, 3.63) is 77.7 Å². The van der Waals surface area contributed by atoms with Gasteiger partial charge in [-0.3, -0.25) is 14.3 Å². The minimum Gasteiger partial charge on any atom is -0.469 e. The molecule has 0 saturated carbocycles. The molecule has 2 aromatic heterocycles. The Balaban J connectivity index is 1.57. The number of amides is 2. The molecule has 4 aromatic rings. The van der Waals surface area contributed by atoms with E-state index in [1.807, 2.05) is 42.5 Å². The minimum absolute atomic E-state index is 0.117. The van der Waals surface area contributed by atoms with Crippen molar-refractivity contribution in [1.82, 2.24) is 9.78 Å². The maximum absolute atomic E-state index is 13.1. The molecule has 7 heteroatoms. The van der Waals surface area contributed by atoms with Crippen molar-refractivity contribution in [3.8, 4) is 0 Å². The molecule has 2 amide bonds. The van der Waals surface area contributed by atoms with Crippen LogP contribution in [-0.4, -0.2) is 21.6 Å². The Labute approximate surface area is 166 Å². The Morgan fingerprint density at radius 1 is 1.17 bits per heavy atom. The number of anilines is 2. The summed E-state index contributed by atoms with van der Waals surface area (Å²) in [5.74, 6) is 0.962. The van der Waals surface area contributed by atoms with Crippen LogP contribution in [0.3, 0.4) is 0 Å². The molecule has 0 fully saturated rings. The number of hydrogen-bond acceptors (Lipinski definition) is 4. The first-order valence-corrected chi connectivity index (χ1v) is 9.31. The fourth-order valence-electron chi connectivity index (χ4n) is 3.91. The van der Waals surface area contributed by atoms with Gasteiger partial charge in [-0.2, -0.15) is 5.10 Å². The van der Waals surface area contributed by atoms with Gasteiger partial charge < -0.3 is 15.1 Å². The van der Waals surface area contributed by atoms with Crippen molar-refractivity contribution < 1.29 is 14.0 Å². The van der Waals surface area contributed by atoms with Gasteiger partial charge in [0.05, 0.1) is 17.7 Å². The summed E-state index contributed by atoms with van der Waals surface area (Å²) in [6, 6.07) is 17.0. The van der Waals surface area contributed by atoms with Crippen molar-refractivity contribution in [3.63, 3.8) is 0 Å². The Morgan fingerprint density at radius 3 is 2.83 bits per heavy atom. The first-order valence-electron chi connectivity index (χ1n) is 9.31. The van der Waals surface area contributed by atoms with E-state index in [9.17, 15) is 9.59 Å². The number of benzene rings is 2. The summed E-state index contributed by atoms with van der Waals surface area (Å²) < 4.78 is 7.13. The van der Waals surface area contributed by atoms with Gasteiger partial charge in [-0.25, -0.2) is 0 Å². The average molecular weight is 386 g/mol. The summed E-state index contributed by atoms with van der Waals surface area (Å²) in [6.45, 7) is 0. The van der Waals surface area contributed by atoms with Crippen molar-refractivity contribution in [2.75, 3.05) is 10.6 Å². The molecule has 144 valence electrons. The second kappa shape index (κ2) is 6.63. The van der Waals surface area contributed by atoms with Crippen molar-refractivity contribution in [1.29, 1.82) is 0 Å². The highest BCUT2D eigenvalue weighted by atomic mass is 16.3. The quantitative estimate of drug-likeness (QED) is 0.559. The monoisotopic (exact) mass is 386 g/mol. The van der Waals surface area contributed by atoms with Crippen LogP contribution in [-0.2, 0) is 11.8 Å². The number of carbonyl (C=O) groups is 2. The first kappa shape index (κ1) is 17.2. The van der Waals surface area contributed by atoms with Crippen LogP contribution in [0.15, 0.2) is 65.3 Å². The Bertz CT molecular complexity index is 1240. The van der Waals surface area contributed by atoms with Crippen LogP contribution in [0.2, 0.25) is 0 Å². The lowest BCUT2D eigenvalue weighted by atomic mass is 9.91. The van der Waals surface area contributed by atoms with Crippen LogP contribution in [0, 0.1) is 0 Å². The third-order valence-electron chi connectivity index (χ3n) is 5.23. The zero-order valence-corrected chi connectivity index (χ0v) is 15.7. The number of aryl methyl sites for hydroxylation is 1. The van der Waals surface area contributed by atoms with Crippen LogP contribution >= 0.6 is 0 Å². The molecular weight excluding hydrogens is 368 g/mol. The van der Waals surface area contributed by atoms with E-state index >= 15 is 0 Å². The number of nitrogens with one attached hydrogen (secondary N) is 2. The SMILES string of the molecule is Cn1nc(NC(=O)c2cccc3ccccc23)c2c1NC(=O)C[C@H]2c1ccco1. The summed E-state index contributed by atoms with van der Waals surface area (Å²) in [4.78, 5) is 25.3. The van der Waals surface area contributed by atoms with E-state index in [1.54, 1.807) is 30.1 Å². The largest absolute Gasteiger partial charge is 0.469 e. The summed E-state index contributed by atoms with van der Waals surface area (Å²) in [5, 5.41) is 12.1. The van der Waals surface area contributed by atoms with E-state index in [0.717, 1.165) is 16.3 Å². The van der Waals surface area contributed by atoms with Crippen molar-refractivity contribution >= 4 is 34.2 Å². The van der Waals surface area contributed by atoms with Gasteiger partial charge in [-0.05, 0) is 29.0 Å². The lowest BCUT2D eigenvalue weighted by molar-refractivity contribution is -0.116. The summed E-state index contributed by atoms with van der Waals surface area (Å²) in [7, 11) is 1.73. The lowest BCUT2D eigenvalue weighted by Crippen LogP contribution is -2.25. The molecule has 5 rings (SSSR count). The summed E-state index contributed by atoms with van der Waals surface area (Å²) in [6.07, 6.45) is 1.80. The van der Waals surface area contributed by atoms with Gasteiger partial charge in [0.1, 0.15) is 11.6 Å². The lowest BCUT2D eigenvalue weighted by Gasteiger charge is -2.22. The molecule has 2 aromatic carbocycles. The molecule has 1 aliphatic heterocycles. The molecule has 0 aliphatic carbocycles. The standard InChI is InChI=1S/C22H18N4O3/c1-26-21-19(16(12-18(27)23-21)17-10-5-11-29-17)20(25-26)24-22(28)15-9-4-7-13-6-2-3-8-14(13)15/h2-11,16H,12H2,1H3,(H,23,27)(H,24,25,28)/t16-/m0/s1. The number of carbonyl (C=O) groups excluding carboxylic acids is 2. The van der Waals surface area contributed by atoms with E-state index in [0.29, 0.717) is 23.0 Å². The van der Waals surface area contributed by atoms with E-state index in [2.05, 4.69) is 15.7 Å². The van der Waals surface area contributed by atoms with Gasteiger partial charge in [0.15, 0.2) is 5.82 Å². The zero-order chi connectivity index (χ0) is 20.0. The molecule has 0 unspecified atom stereocenters. The van der Waals surface area contributed by atoms with Gasteiger partial charge in [0.2, 0.25) is 5.91 Å². The highest BCUT2D eigenvalue weighted by molar-refractivity contribution is 6.13. The molecule has 0 bridgehead atoms. The van der Waals surface area contributed by atoms with Crippen LogP contribution < -0.4 is 10.6 Å². The number of furan rings is 1. The fraction of sp³-hybridized carbons (Fsp3) is 0.136. The first-order chi connectivity index (χ1) is 14.1. The molecule has 29 heavy (non-hydrogen) atoms. The number of nitrogens with zero attached hydrogens (tertiary/aromatic N) is 2. The number of hydrogen-bond donors (Lipinski definition) is 2. The summed E-state index contributed by atoms with van der Waals surface area (Å²) in [5.41, 5.74) is 1.31. The maximum Gasteiger partial charge on any atom is 0.257 e. The van der Waals surface area contributed by atoms with Gasteiger partial charge in [0.25, 0.3) is 5.91 Å². The van der Waals surface area contributed by atoms with Gasteiger partial charge in [-0.1, -0.05) is 36.4 Å². The van der Waals surface area contributed by atoms with Crippen LogP contribution in [0.5, 0.6) is 0 Å². The second-order valence-electron chi connectivity index (χ2n) is 7.04. The number of rotatable bonds is 3. The van der Waals surface area contributed by atoms with E-state index in [-0.39, 0.29) is 24.2 Å². The van der Waals surface area contributed by atoms with Gasteiger partial charge in [-0.15, -0.1) is 0 Å². The topological polar surface area (TPSA) is 89.2 Å². The van der Waals surface area contributed by atoms with Crippen molar-refractivity contribution in [2.24, 2.45) is 7.05 Å². The molecule has 1 atom stereocenters. The van der Waals surface area contributed by atoms with Gasteiger partial charge in [0, 0.05) is 19.0 Å². The number of fused-ring (bicyclic) bond motifs is 2. The molecular formula is C22H18N4O3. The molecule has 1 aliphatic rings. The summed E-state index contributed by atoms with van der Waals surface area (Å²) >= 11 is 0. The Kier molecular flexibility index (Phi) is 3.94. The molecule has 0 radical (unpaired) electrons. The molecule has 7 nitrogen and oxygen atoms in total. The van der Waals surface area contributed by atoms with E-state index in [1.165, 1.54) is 0 Å². The molecule has 0 spiro atoms. The third kappa shape index (κ3) is 2.87. The third-order valence-corrected chi connectivity index (χ3v) is 5.23. The number of aromatic nitrogens is 2. The van der Waals surface area contributed by atoms with E-state index < -0.39 is 0 Å². The molecule has 0 saturated heterocycles. The second-order valence-corrected chi connectivity index (χ2v) is 7.04. The Morgan fingerprint density at radius 2 is 2.00 bits per heavy atom. The highest BCUT2D eigenvalue weighted by Gasteiger charge is 2.35. The molecule has 2 N–H and O–H groups in total. The molecule has 3 heterocycles. The normalized spacial score (nSPS) is 15.8. The van der Waals surface area contributed by atoms with Gasteiger partial charge >= 0.3 is 0 Å². The Hall–Kier alpha value is -3.87. The zero-order valence-electron chi connectivity index (χ0n) is 15.7. The van der Waals surface area contributed by atoms with Crippen LogP contribution in [0.1, 0.15) is 34.0 Å². The van der Waals surface area contributed by atoms with Crippen molar-refractivity contribution in [2.45, 2.75) is 12.3 Å². The maximum atomic E-state index is 13.1. The predicted octanol–water partition coefficient (Wildman–Crippen LogP) is 3.89. The highest BCUT2D eigenvalue weighted by Crippen LogP contribution is 2.41. The smallest absolute Gasteiger partial charge is 0.257 e. The average Bonchev–Trinajstić information content (AvgIpc) is 3.36. The van der Waals surface area contributed by atoms with Crippen LogP contribution in [0.4, 0.5) is 11.6 Å². The van der Waals surface area contributed by atoms with Crippen LogP contribution in [0.25, 0.3) is 10.8 Å².